The minimum Gasteiger partial charge on any atom is -0.387 e. The van der Waals surface area contributed by atoms with Crippen LogP contribution in [0.3, 0.4) is 0 Å². The number of carbonyl (C=O) groups is 1. The molecule has 21 heavy (non-hydrogen) atoms. The number of aryl methyl sites for hydroxylation is 1. The quantitative estimate of drug-likeness (QED) is 0.926. The van der Waals surface area contributed by atoms with Gasteiger partial charge in [-0.1, -0.05) is 0 Å². The molecule has 0 saturated heterocycles. The number of nitrogens with one attached hydrogen (secondary N) is 1. The number of anilines is 1. The first-order chi connectivity index (χ1) is 10.1. The molecule has 3 rings (SSSR count). The van der Waals surface area contributed by atoms with Crippen molar-refractivity contribution in [3.05, 3.63) is 45.4 Å². The molecule has 1 amide bonds. The maximum atomic E-state index is 12.9. The van der Waals surface area contributed by atoms with Gasteiger partial charge in [0, 0.05) is 30.4 Å². The van der Waals surface area contributed by atoms with E-state index in [9.17, 15) is 4.79 Å². The molecule has 1 aliphatic rings. The van der Waals surface area contributed by atoms with Gasteiger partial charge in [0.15, 0.2) is 0 Å². The fourth-order valence-electron chi connectivity index (χ4n) is 2.88. The third-order valence-electron chi connectivity index (χ3n) is 4.08. The zero-order valence-corrected chi connectivity index (χ0v) is 13.3. The van der Waals surface area contributed by atoms with Gasteiger partial charge in [-0.3, -0.25) is 9.78 Å². The minimum absolute atomic E-state index is 0.0520. The summed E-state index contributed by atoms with van der Waals surface area (Å²) in [6.45, 7) is 4.80. The third kappa shape index (κ3) is 2.42. The molecule has 0 spiro atoms. The first-order valence-corrected chi connectivity index (χ1v) is 8.01. The van der Waals surface area contributed by atoms with E-state index in [0.29, 0.717) is 5.56 Å². The van der Waals surface area contributed by atoms with Crippen LogP contribution in [-0.4, -0.2) is 29.4 Å². The molecule has 1 unspecified atom stereocenters. The van der Waals surface area contributed by atoms with Crippen LogP contribution in [-0.2, 0) is 6.42 Å². The summed E-state index contributed by atoms with van der Waals surface area (Å²) in [5.74, 6) is 0.0520. The molecule has 0 bridgehead atoms. The van der Waals surface area contributed by atoms with Gasteiger partial charge in [0.2, 0.25) is 0 Å². The number of rotatable bonds is 2. The normalized spacial score (nSPS) is 17.5. The Hall–Kier alpha value is -1.88. The lowest BCUT2D eigenvalue weighted by Gasteiger charge is -2.34. The molecule has 0 aliphatic carbocycles. The minimum atomic E-state index is 0.0520. The Kier molecular flexibility index (Phi) is 3.68. The van der Waals surface area contributed by atoms with Gasteiger partial charge in [-0.05, 0) is 43.3 Å². The second-order valence-electron chi connectivity index (χ2n) is 5.34. The molecule has 4 nitrogen and oxygen atoms in total. The SMILES string of the molecule is CNc1cc(C)ncc1C(=O)N1CCc2sccc2C1C. The Morgan fingerprint density at radius 3 is 3.10 bits per heavy atom. The lowest BCUT2D eigenvalue weighted by molar-refractivity contribution is 0.0680. The van der Waals surface area contributed by atoms with Crippen LogP contribution in [0, 0.1) is 6.92 Å². The van der Waals surface area contributed by atoms with Crippen molar-refractivity contribution in [2.24, 2.45) is 0 Å². The summed E-state index contributed by atoms with van der Waals surface area (Å²) in [5.41, 5.74) is 3.68. The van der Waals surface area contributed by atoms with Gasteiger partial charge in [0.05, 0.1) is 17.3 Å². The zero-order chi connectivity index (χ0) is 15.0. The zero-order valence-electron chi connectivity index (χ0n) is 12.5. The number of hydrogen-bond acceptors (Lipinski definition) is 4. The van der Waals surface area contributed by atoms with Crippen LogP contribution in [0.1, 0.15) is 39.5 Å². The van der Waals surface area contributed by atoms with E-state index >= 15 is 0 Å². The standard InChI is InChI=1S/C16H19N3OS/c1-10-8-14(17-3)13(9-18-10)16(20)19-6-4-15-12(11(19)2)5-7-21-15/h5,7-9,11H,4,6H2,1-3H3,(H,17,18). The monoisotopic (exact) mass is 301 g/mol. The molecule has 0 saturated carbocycles. The molecule has 1 aliphatic heterocycles. The van der Waals surface area contributed by atoms with E-state index in [4.69, 9.17) is 0 Å². The highest BCUT2D eigenvalue weighted by Gasteiger charge is 2.30. The molecule has 5 heteroatoms. The smallest absolute Gasteiger partial charge is 0.258 e. The van der Waals surface area contributed by atoms with E-state index in [1.165, 1.54) is 10.4 Å². The second-order valence-corrected chi connectivity index (χ2v) is 6.35. The van der Waals surface area contributed by atoms with Crippen molar-refractivity contribution in [1.29, 1.82) is 0 Å². The van der Waals surface area contributed by atoms with Gasteiger partial charge in [0.25, 0.3) is 5.91 Å². The summed E-state index contributed by atoms with van der Waals surface area (Å²) in [5, 5.41) is 5.21. The van der Waals surface area contributed by atoms with Crippen molar-refractivity contribution in [3.63, 3.8) is 0 Å². The van der Waals surface area contributed by atoms with Crippen molar-refractivity contribution >= 4 is 22.9 Å². The largest absolute Gasteiger partial charge is 0.387 e. The van der Waals surface area contributed by atoms with Gasteiger partial charge < -0.3 is 10.2 Å². The predicted molar refractivity (Wildman–Crippen MR) is 86.0 cm³/mol. The summed E-state index contributed by atoms with van der Waals surface area (Å²) in [4.78, 5) is 20.5. The maximum Gasteiger partial charge on any atom is 0.258 e. The predicted octanol–water partition coefficient (Wildman–Crippen LogP) is 3.25. The highest BCUT2D eigenvalue weighted by molar-refractivity contribution is 7.10. The summed E-state index contributed by atoms with van der Waals surface area (Å²) in [6.07, 6.45) is 2.62. The molecule has 1 N–H and O–H groups in total. The van der Waals surface area contributed by atoms with Crippen LogP contribution in [0.25, 0.3) is 0 Å². The van der Waals surface area contributed by atoms with Crippen molar-refractivity contribution < 1.29 is 4.79 Å². The maximum absolute atomic E-state index is 12.9. The Morgan fingerprint density at radius 2 is 2.33 bits per heavy atom. The van der Waals surface area contributed by atoms with Gasteiger partial charge in [-0.25, -0.2) is 0 Å². The highest BCUT2D eigenvalue weighted by Crippen LogP contribution is 2.34. The first-order valence-electron chi connectivity index (χ1n) is 7.13. The molecule has 3 heterocycles. The lowest BCUT2D eigenvalue weighted by atomic mass is 10.0. The summed E-state index contributed by atoms with van der Waals surface area (Å²) in [6, 6.07) is 4.17. The van der Waals surface area contributed by atoms with Crippen molar-refractivity contribution in [3.8, 4) is 0 Å². The van der Waals surface area contributed by atoms with E-state index < -0.39 is 0 Å². The number of amides is 1. The molecule has 2 aromatic heterocycles. The number of fused-ring (bicyclic) bond motifs is 1. The van der Waals surface area contributed by atoms with Crippen molar-refractivity contribution in [1.82, 2.24) is 9.88 Å². The van der Waals surface area contributed by atoms with Gasteiger partial charge >= 0.3 is 0 Å². The Morgan fingerprint density at radius 1 is 1.52 bits per heavy atom. The molecule has 110 valence electrons. The van der Waals surface area contributed by atoms with Crippen LogP contribution in [0.5, 0.6) is 0 Å². The topological polar surface area (TPSA) is 45.2 Å². The summed E-state index contributed by atoms with van der Waals surface area (Å²) < 4.78 is 0. The van der Waals surface area contributed by atoms with Crippen molar-refractivity contribution in [2.75, 3.05) is 18.9 Å². The number of hydrogen-bond donors (Lipinski definition) is 1. The molecular formula is C16H19N3OS. The van der Waals surface area contributed by atoms with E-state index in [2.05, 4.69) is 28.7 Å². The van der Waals surface area contributed by atoms with E-state index in [1.807, 2.05) is 24.9 Å². The van der Waals surface area contributed by atoms with Gasteiger partial charge in [-0.2, -0.15) is 0 Å². The van der Waals surface area contributed by atoms with Crippen LogP contribution < -0.4 is 5.32 Å². The van der Waals surface area contributed by atoms with E-state index in [0.717, 1.165) is 24.3 Å². The molecule has 0 radical (unpaired) electrons. The Balaban J connectivity index is 1.93. The average Bonchev–Trinajstić information content (AvgIpc) is 2.96. The summed E-state index contributed by atoms with van der Waals surface area (Å²) in [7, 11) is 1.84. The third-order valence-corrected chi connectivity index (χ3v) is 5.08. The van der Waals surface area contributed by atoms with Crippen LogP contribution >= 0.6 is 11.3 Å². The second kappa shape index (κ2) is 5.48. The fraction of sp³-hybridized carbons (Fsp3) is 0.375. The average molecular weight is 301 g/mol. The Bertz CT molecular complexity index is 680. The highest BCUT2D eigenvalue weighted by atomic mass is 32.1. The molecule has 2 aromatic rings. The van der Waals surface area contributed by atoms with Crippen LogP contribution in [0.4, 0.5) is 5.69 Å². The number of carbonyl (C=O) groups excluding carboxylic acids is 1. The molecule has 1 atom stereocenters. The number of thiophene rings is 1. The van der Waals surface area contributed by atoms with Crippen molar-refractivity contribution in [2.45, 2.75) is 26.3 Å². The fourth-order valence-corrected chi connectivity index (χ4v) is 3.84. The Labute approximate surface area is 128 Å². The lowest BCUT2D eigenvalue weighted by Crippen LogP contribution is -2.38. The van der Waals surface area contributed by atoms with Gasteiger partial charge in [-0.15, -0.1) is 11.3 Å². The van der Waals surface area contributed by atoms with Gasteiger partial charge in [0.1, 0.15) is 0 Å². The molecule has 0 aromatic carbocycles. The summed E-state index contributed by atoms with van der Waals surface area (Å²) >= 11 is 1.79. The number of pyridine rings is 1. The first kappa shape index (κ1) is 14.1. The van der Waals surface area contributed by atoms with Crippen LogP contribution in [0.15, 0.2) is 23.7 Å². The van der Waals surface area contributed by atoms with E-state index in [-0.39, 0.29) is 11.9 Å². The molecule has 0 fully saturated rings. The number of nitrogens with zero attached hydrogens (tertiary/aromatic N) is 2. The number of aromatic nitrogens is 1. The van der Waals surface area contributed by atoms with E-state index in [1.54, 1.807) is 17.5 Å². The van der Waals surface area contributed by atoms with Crippen LogP contribution in [0.2, 0.25) is 0 Å². The molecular weight excluding hydrogens is 282 g/mol.